The van der Waals surface area contributed by atoms with E-state index in [0.717, 1.165) is 0 Å². The number of halogens is 1. The van der Waals surface area contributed by atoms with E-state index in [4.69, 9.17) is 16.3 Å². The van der Waals surface area contributed by atoms with Crippen molar-refractivity contribution < 1.29 is 14.3 Å². The first-order chi connectivity index (χ1) is 8.78. The van der Waals surface area contributed by atoms with Gasteiger partial charge in [0.1, 0.15) is 11.3 Å². The third-order valence-electron chi connectivity index (χ3n) is 1.79. The molecule has 0 fully saturated rings. The summed E-state index contributed by atoms with van der Waals surface area (Å²) in [6, 6.07) is 0. The summed E-state index contributed by atoms with van der Waals surface area (Å²) in [5.41, 5.74) is -0.266. The van der Waals surface area contributed by atoms with Crippen LogP contribution in [0.5, 0.6) is 0 Å². The van der Waals surface area contributed by atoms with Gasteiger partial charge in [0.15, 0.2) is 4.47 Å². The van der Waals surface area contributed by atoms with Gasteiger partial charge in [0.2, 0.25) is 0 Å². The Morgan fingerprint density at radius 3 is 2.53 bits per heavy atom. The lowest BCUT2D eigenvalue weighted by atomic mass is 10.2. The SMILES string of the molecule is CC(C)(C)OC(=O)NCCNC(=O)c1csc(Cl)n1. The highest BCUT2D eigenvalue weighted by Gasteiger charge is 2.15. The Bertz CT molecular complexity index is 456. The normalized spacial score (nSPS) is 10.9. The minimum Gasteiger partial charge on any atom is -0.444 e. The molecule has 6 nitrogen and oxygen atoms in total. The summed E-state index contributed by atoms with van der Waals surface area (Å²) in [4.78, 5) is 26.7. The van der Waals surface area contributed by atoms with Crippen molar-refractivity contribution in [1.29, 1.82) is 0 Å². The molecule has 1 heterocycles. The van der Waals surface area contributed by atoms with Crippen molar-refractivity contribution in [3.8, 4) is 0 Å². The van der Waals surface area contributed by atoms with Gasteiger partial charge in [-0.15, -0.1) is 11.3 Å². The minimum atomic E-state index is -0.537. The Hall–Kier alpha value is -1.34. The Kier molecular flexibility index (Phi) is 5.56. The highest BCUT2D eigenvalue weighted by atomic mass is 35.5. The molecule has 8 heteroatoms. The molecule has 0 aromatic carbocycles. The molecule has 0 aliphatic carbocycles. The molecular weight excluding hydrogens is 290 g/mol. The number of carbonyl (C=O) groups excluding carboxylic acids is 2. The van der Waals surface area contributed by atoms with E-state index >= 15 is 0 Å². The van der Waals surface area contributed by atoms with Crippen molar-refractivity contribution >= 4 is 34.9 Å². The van der Waals surface area contributed by atoms with Crippen LogP contribution in [0.15, 0.2) is 5.38 Å². The van der Waals surface area contributed by atoms with Crippen molar-refractivity contribution in [2.24, 2.45) is 0 Å². The maximum atomic E-state index is 11.6. The largest absolute Gasteiger partial charge is 0.444 e. The van der Waals surface area contributed by atoms with E-state index in [0.29, 0.717) is 4.47 Å². The standard InChI is InChI=1S/C11H16ClN3O3S/c1-11(2,3)18-10(17)14-5-4-13-8(16)7-6-19-9(12)15-7/h6H,4-5H2,1-3H3,(H,13,16)(H,14,17). The number of ether oxygens (including phenoxy) is 1. The van der Waals surface area contributed by atoms with Gasteiger partial charge in [-0.1, -0.05) is 11.6 Å². The van der Waals surface area contributed by atoms with Gasteiger partial charge >= 0.3 is 6.09 Å². The number of alkyl carbamates (subject to hydrolysis) is 1. The number of thiazole rings is 1. The topological polar surface area (TPSA) is 80.3 Å². The summed E-state index contributed by atoms with van der Waals surface area (Å²) >= 11 is 6.81. The lowest BCUT2D eigenvalue weighted by molar-refractivity contribution is 0.0526. The molecule has 106 valence electrons. The van der Waals surface area contributed by atoms with Crippen molar-refractivity contribution in [3.63, 3.8) is 0 Å². The Morgan fingerprint density at radius 2 is 2.00 bits per heavy atom. The van der Waals surface area contributed by atoms with Gasteiger partial charge in [0.25, 0.3) is 5.91 Å². The lowest BCUT2D eigenvalue weighted by Crippen LogP contribution is -2.37. The number of nitrogens with one attached hydrogen (secondary N) is 2. The van der Waals surface area contributed by atoms with Crippen LogP contribution in [0.2, 0.25) is 4.47 Å². The summed E-state index contributed by atoms with van der Waals surface area (Å²) < 4.78 is 5.36. The number of hydrogen-bond acceptors (Lipinski definition) is 5. The van der Waals surface area contributed by atoms with Crippen LogP contribution in [0, 0.1) is 0 Å². The van der Waals surface area contributed by atoms with Gasteiger partial charge in [0.05, 0.1) is 0 Å². The number of carbonyl (C=O) groups is 2. The average Bonchev–Trinajstić information content (AvgIpc) is 2.68. The van der Waals surface area contributed by atoms with Crippen LogP contribution in [-0.4, -0.2) is 35.7 Å². The van der Waals surface area contributed by atoms with E-state index in [1.165, 1.54) is 11.3 Å². The zero-order valence-corrected chi connectivity index (χ0v) is 12.5. The maximum absolute atomic E-state index is 11.6. The van der Waals surface area contributed by atoms with Gasteiger partial charge < -0.3 is 15.4 Å². The van der Waals surface area contributed by atoms with Gasteiger partial charge in [0, 0.05) is 18.5 Å². The van der Waals surface area contributed by atoms with Crippen LogP contribution in [0.25, 0.3) is 0 Å². The van der Waals surface area contributed by atoms with E-state index in [9.17, 15) is 9.59 Å². The minimum absolute atomic E-state index is 0.271. The quantitative estimate of drug-likeness (QED) is 0.834. The summed E-state index contributed by atoms with van der Waals surface area (Å²) in [7, 11) is 0. The summed E-state index contributed by atoms with van der Waals surface area (Å²) in [6.07, 6.45) is -0.515. The predicted octanol–water partition coefficient (Wildman–Crippen LogP) is 2.05. The van der Waals surface area contributed by atoms with Crippen molar-refractivity contribution in [3.05, 3.63) is 15.5 Å². The molecule has 0 bridgehead atoms. The molecule has 1 aromatic rings. The highest BCUT2D eigenvalue weighted by molar-refractivity contribution is 7.14. The van der Waals surface area contributed by atoms with Crippen molar-refractivity contribution in [2.75, 3.05) is 13.1 Å². The number of nitrogens with zero attached hydrogens (tertiary/aromatic N) is 1. The van der Waals surface area contributed by atoms with E-state index in [1.807, 2.05) is 0 Å². The fraction of sp³-hybridized carbons (Fsp3) is 0.545. The van der Waals surface area contributed by atoms with Crippen molar-refractivity contribution in [1.82, 2.24) is 15.6 Å². The van der Waals surface area contributed by atoms with Crippen LogP contribution in [0.4, 0.5) is 4.79 Å². The van der Waals surface area contributed by atoms with Gasteiger partial charge in [-0.3, -0.25) is 4.79 Å². The number of aromatic nitrogens is 1. The van der Waals surface area contributed by atoms with E-state index < -0.39 is 11.7 Å². The lowest BCUT2D eigenvalue weighted by Gasteiger charge is -2.19. The zero-order valence-electron chi connectivity index (χ0n) is 10.9. The van der Waals surface area contributed by atoms with Gasteiger partial charge in [-0.05, 0) is 20.8 Å². The molecule has 0 radical (unpaired) electrons. The molecule has 0 spiro atoms. The third kappa shape index (κ3) is 6.40. The van der Waals surface area contributed by atoms with Gasteiger partial charge in [-0.2, -0.15) is 0 Å². The first-order valence-corrected chi connectivity index (χ1v) is 6.90. The number of hydrogen-bond donors (Lipinski definition) is 2. The molecule has 0 unspecified atom stereocenters. The first kappa shape index (κ1) is 15.7. The Balaban J connectivity index is 2.21. The number of amides is 2. The second-order valence-corrected chi connectivity index (χ2v) is 6.11. The van der Waals surface area contributed by atoms with Crippen LogP contribution >= 0.6 is 22.9 Å². The summed E-state index contributed by atoms with van der Waals surface area (Å²) in [5.74, 6) is -0.325. The van der Waals surface area contributed by atoms with Gasteiger partial charge in [-0.25, -0.2) is 9.78 Å². The van der Waals surface area contributed by atoms with E-state index in [-0.39, 0.29) is 24.7 Å². The molecule has 2 amide bonds. The molecule has 0 saturated heterocycles. The summed E-state index contributed by atoms with van der Waals surface area (Å²) in [6.45, 7) is 5.90. The molecule has 0 atom stereocenters. The smallest absolute Gasteiger partial charge is 0.407 e. The van der Waals surface area contributed by atoms with Crippen molar-refractivity contribution in [2.45, 2.75) is 26.4 Å². The zero-order chi connectivity index (χ0) is 14.5. The number of rotatable bonds is 4. The predicted molar refractivity (Wildman–Crippen MR) is 73.7 cm³/mol. The highest BCUT2D eigenvalue weighted by Crippen LogP contribution is 2.14. The molecule has 0 aliphatic heterocycles. The molecular formula is C11H16ClN3O3S. The van der Waals surface area contributed by atoms with Crippen LogP contribution in [0.1, 0.15) is 31.3 Å². The Morgan fingerprint density at radius 1 is 1.37 bits per heavy atom. The Labute approximate surface area is 120 Å². The second-order valence-electron chi connectivity index (χ2n) is 4.67. The maximum Gasteiger partial charge on any atom is 0.407 e. The monoisotopic (exact) mass is 305 g/mol. The second kappa shape index (κ2) is 6.72. The molecule has 2 N–H and O–H groups in total. The first-order valence-electron chi connectivity index (χ1n) is 5.64. The summed E-state index contributed by atoms with van der Waals surface area (Å²) in [5, 5.41) is 6.71. The fourth-order valence-corrected chi connectivity index (χ4v) is 1.85. The fourth-order valence-electron chi connectivity index (χ4n) is 1.10. The molecule has 1 rings (SSSR count). The molecule has 1 aromatic heterocycles. The van der Waals surface area contributed by atoms with E-state index in [2.05, 4.69) is 15.6 Å². The van der Waals surface area contributed by atoms with Crippen LogP contribution in [-0.2, 0) is 4.74 Å². The average molecular weight is 306 g/mol. The molecule has 0 aliphatic rings. The molecule has 0 saturated carbocycles. The van der Waals surface area contributed by atoms with Crippen LogP contribution in [0.3, 0.4) is 0 Å². The van der Waals surface area contributed by atoms with E-state index in [1.54, 1.807) is 26.2 Å². The van der Waals surface area contributed by atoms with Crippen LogP contribution < -0.4 is 10.6 Å². The molecule has 19 heavy (non-hydrogen) atoms. The third-order valence-corrected chi connectivity index (χ3v) is 2.77.